The molecule has 4 amide bonds. The van der Waals surface area contributed by atoms with Crippen molar-refractivity contribution >= 4 is 46.3 Å². The van der Waals surface area contributed by atoms with E-state index < -0.39 is 11.3 Å². The van der Waals surface area contributed by atoms with Crippen molar-refractivity contribution in [2.75, 3.05) is 24.4 Å². The van der Waals surface area contributed by atoms with Crippen LogP contribution in [-0.2, 0) is 27.2 Å². The van der Waals surface area contributed by atoms with Crippen LogP contribution >= 0.6 is 11.8 Å². The number of carbonyl (C=O) groups is 4. The van der Waals surface area contributed by atoms with Crippen molar-refractivity contribution in [3.8, 4) is 5.75 Å². The van der Waals surface area contributed by atoms with Gasteiger partial charge in [0.2, 0.25) is 11.8 Å². The molecule has 2 heterocycles. The van der Waals surface area contributed by atoms with Crippen molar-refractivity contribution in [2.45, 2.75) is 69.5 Å². The van der Waals surface area contributed by atoms with Gasteiger partial charge in [-0.3, -0.25) is 25.0 Å². The molecule has 2 aliphatic heterocycles. The normalized spacial score (nSPS) is 17.2. The Hall–Kier alpha value is -3.53. The fourth-order valence-corrected chi connectivity index (χ4v) is 5.99. The summed E-state index contributed by atoms with van der Waals surface area (Å²) in [6.07, 6.45) is 6.24. The predicted molar refractivity (Wildman–Crippen MR) is 151 cm³/mol. The highest BCUT2D eigenvalue weighted by molar-refractivity contribution is 8.15. The number of anilines is 2. The van der Waals surface area contributed by atoms with Gasteiger partial charge >= 0.3 is 6.09 Å². The summed E-state index contributed by atoms with van der Waals surface area (Å²) >= 11 is 0.990. The highest BCUT2D eigenvalue weighted by Crippen LogP contribution is 2.43. The third-order valence-electron chi connectivity index (χ3n) is 7.02. The maximum absolute atomic E-state index is 12.8. The Balaban J connectivity index is 1.49. The highest BCUT2D eigenvalue weighted by Gasteiger charge is 2.40. The zero-order valence-electron chi connectivity index (χ0n) is 22.3. The van der Waals surface area contributed by atoms with Crippen LogP contribution in [0.2, 0.25) is 0 Å². The Bertz CT molecular complexity index is 1220. The van der Waals surface area contributed by atoms with Crippen LogP contribution in [0.4, 0.5) is 21.0 Å². The lowest BCUT2D eigenvalue weighted by molar-refractivity contribution is -0.119. The van der Waals surface area contributed by atoms with E-state index in [2.05, 4.69) is 22.9 Å². The number of carbonyl (C=O) groups excluding carboxylic acids is 4. The van der Waals surface area contributed by atoms with Gasteiger partial charge in [0.1, 0.15) is 11.0 Å². The molecule has 2 aromatic rings. The number of hydrogen-bond donors (Lipinski definition) is 3. The van der Waals surface area contributed by atoms with Crippen LogP contribution in [0.1, 0.15) is 68.1 Å². The number of fused-ring (bicyclic) bond motifs is 1. The summed E-state index contributed by atoms with van der Waals surface area (Å²) in [5.74, 6) is -0.179. The van der Waals surface area contributed by atoms with E-state index in [9.17, 15) is 19.2 Å². The minimum absolute atomic E-state index is 0.0872. The van der Waals surface area contributed by atoms with Crippen LogP contribution in [0.5, 0.6) is 5.75 Å². The van der Waals surface area contributed by atoms with E-state index in [0.717, 1.165) is 47.7 Å². The number of thioether (sulfide) groups is 1. The van der Waals surface area contributed by atoms with Gasteiger partial charge in [-0.15, -0.1) is 0 Å². The highest BCUT2D eigenvalue weighted by atomic mass is 32.2. The van der Waals surface area contributed by atoms with Crippen molar-refractivity contribution in [3.05, 3.63) is 53.1 Å². The van der Waals surface area contributed by atoms with Crippen LogP contribution < -0.4 is 20.7 Å². The van der Waals surface area contributed by atoms with Gasteiger partial charge in [-0.1, -0.05) is 62.6 Å². The topological polar surface area (TPSA) is 123 Å². The number of amides is 4. The van der Waals surface area contributed by atoms with E-state index in [0.29, 0.717) is 43.0 Å². The van der Waals surface area contributed by atoms with Crippen molar-refractivity contribution in [2.24, 2.45) is 0 Å². The van der Waals surface area contributed by atoms with Crippen molar-refractivity contribution in [1.82, 2.24) is 5.32 Å². The first-order chi connectivity index (χ1) is 18.9. The standard InChI is InChI=1S/C29H35N3O6S/c1-3-4-5-6-7-16-38-28(35)30-19-10-8-18(9-11-19)17-22(26-27(34)32-29(36)39-26)20-12-14-23(37-2)25-21(20)13-15-24(33)31-25/h8-12,14,22,26H,3-7,13,15-17H2,1-2H3,(H,30,35)(H,31,33)(H,32,34,36). The summed E-state index contributed by atoms with van der Waals surface area (Å²) in [6, 6.07) is 11.1. The van der Waals surface area contributed by atoms with Gasteiger partial charge in [0.05, 0.1) is 19.4 Å². The first kappa shape index (κ1) is 28.5. The first-order valence-electron chi connectivity index (χ1n) is 13.4. The van der Waals surface area contributed by atoms with Crippen LogP contribution in [0, 0.1) is 0 Å². The molecule has 2 atom stereocenters. The molecule has 2 aliphatic rings. The molecule has 3 N–H and O–H groups in total. The molecule has 0 radical (unpaired) electrons. The molecule has 2 aromatic carbocycles. The third-order valence-corrected chi connectivity index (χ3v) is 8.13. The number of methoxy groups -OCH3 is 1. The first-order valence-corrected chi connectivity index (χ1v) is 14.3. The molecule has 0 saturated carbocycles. The second kappa shape index (κ2) is 13.5. The zero-order valence-corrected chi connectivity index (χ0v) is 23.2. The number of unbranched alkanes of at least 4 members (excludes halogenated alkanes) is 4. The van der Waals surface area contributed by atoms with Crippen molar-refractivity contribution < 1.29 is 28.7 Å². The van der Waals surface area contributed by atoms with Gasteiger partial charge in [-0.2, -0.15) is 0 Å². The second-order valence-electron chi connectivity index (χ2n) is 9.76. The van der Waals surface area contributed by atoms with Crippen molar-refractivity contribution in [1.29, 1.82) is 0 Å². The zero-order chi connectivity index (χ0) is 27.8. The fourth-order valence-electron chi connectivity index (χ4n) is 5.02. The Morgan fingerprint density at radius 3 is 2.49 bits per heavy atom. The molecule has 0 spiro atoms. The largest absolute Gasteiger partial charge is 0.495 e. The van der Waals surface area contributed by atoms with Crippen molar-refractivity contribution in [3.63, 3.8) is 0 Å². The summed E-state index contributed by atoms with van der Waals surface area (Å²) in [4.78, 5) is 49.1. The smallest absolute Gasteiger partial charge is 0.411 e. The quantitative estimate of drug-likeness (QED) is 0.285. The summed E-state index contributed by atoms with van der Waals surface area (Å²) in [5, 5.41) is 7.09. The average Bonchev–Trinajstić information content (AvgIpc) is 3.26. The number of nitrogens with one attached hydrogen (secondary N) is 3. The number of hydrogen-bond acceptors (Lipinski definition) is 7. The van der Waals surface area contributed by atoms with E-state index >= 15 is 0 Å². The van der Waals surface area contributed by atoms with Crippen LogP contribution in [0.25, 0.3) is 0 Å². The van der Waals surface area contributed by atoms with Crippen LogP contribution in [0.15, 0.2) is 36.4 Å². The van der Waals surface area contributed by atoms with Crippen LogP contribution in [-0.4, -0.2) is 42.1 Å². The van der Waals surface area contributed by atoms with Gasteiger partial charge in [-0.05, 0) is 54.2 Å². The fraction of sp³-hybridized carbons (Fsp3) is 0.448. The van der Waals surface area contributed by atoms with Gasteiger partial charge in [0.25, 0.3) is 5.24 Å². The second-order valence-corrected chi connectivity index (χ2v) is 10.9. The molecule has 4 rings (SSSR count). The minimum atomic E-state index is -0.613. The average molecular weight is 554 g/mol. The summed E-state index contributed by atoms with van der Waals surface area (Å²) < 4.78 is 10.7. The molecule has 2 unspecified atom stereocenters. The molecule has 39 heavy (non-hydrogen) atoms. The van der Waals surface area contributed by atoms with Gasteiger partial charge in [0, 0.05) is 18.0 Å². The summed E-state index contributed by atoms with van der Waals surface area (Å²) in [5.41, 5.74) is 3.99. The molecular weight excluding hydrogens is 518 g/mol. The summed E-state index contributed by atoms with van der Waals surface area (Å²) in [6.45, 7) is 2.55. The lowest BCUT2D eigenvalue weighted by atomic mass is 9.83. The van der Waals surface area contributed by atoms with E-state index in [1.807, 2.05) is 18.2 Å². The number of ether oxygens (including phenoxy) is 2. The van der Waals surface area contributed by atoms with E-state index in [4.69, 9.17) is 9.47 Å². The molecule has 0 bridgehead atoms. The number of benzene rings is 2. The third kappa shape index (κ3) is 7.32. The van der Waals surface area contributed by atoms with Gasteiger partial charge < -0.3 is 14.8 Å². The Labute approximate surface area is 232 Å². The van der Waals surface area contributed by atoms with E-state index in [-0.39, 0.29) is 23.0 Å². The Morgan fingerprint density at radius 1 is 1.03 bits per heavy atom. The lowest BCUT2D eigenvalue weighted by Gasteiger charge is -2.28. The maximum atomic E-state index is 12.8. The van der Waals surface area contributed by atoms with E-state index in [1.165, 1.54) is 12.8 Å². The SMILES string of the molecule is CCCCCCCOC(=O)Nc1ccc(CC(c2ccc(OC)c3c2CCC(=O)N3)C2SC(=O)NC2=O)cc1. The Kier molecular flexibility index (Phi) is 9.86. The maximum Gasteiger partial charge on any atom is 0.411 e. The molecule has 10 heteroatoms. The van der Waals surface area contributed by atoms with Crippen LogP contribution in [0.3, 0.4) is 0 Å². The minimum Gasteiger partial charge on any atom is -0.495 e. The van der Waals surface area contributed by atoms with Gasteiger partial charge in [0.15, 0.2) is 0 Å². The molecule has 208 valence electrons. The number of imide groups is 1. The molecular formula is C29H35N3O6S. The molecule has 0 aromatic heterocycles. The summed E-state index contributed by atoms with van der Waals surface area (Å²) in [7, 11) is 1.55. The Morgan fingerprint density at radius 2 is 1.79 bits per heavy atom. The number of rotatable bonds is 12. The molecule has 0 aliphatic carbocycles. The lowest BCUT2D eigenvalue weighted by Crippen LogP contribution is -2.31. The van der Waals surface area contributed by atoms with Gasteiger partial charge in [-0.25, -0.2) is 4.79 Å². The van der Waals surface area contributed by atoms with E-state index in [1.54, 1.807) is 25.3 Å². The predicted octanol–water partition coefficient (Wildman–Crippen LogP) is 5.78. The molecule has 9 nitrogen and oxygen atoms in total. The monoisotopic (exact) mass is 553 g/mol. The molecule has 1 fully saturated rings. The molecule has 1 saturated heterocycles.